The minimum Gasteiger partial charge on any atom is -0.488 e. The molecule has 0 amide bonds. The first-order valence-corrected chi connectivity index (χ1v) is 7.90. The highest BCUT2D eigenvalue weighted by atomic mass is 32.2. The third-order valence-electron chi connectivity index (χ3n) is 3.29. The van der Waals surface area contributed by atoms with E-state index >= 15 is 0 Å². The third-order valence-corrected chi connectivity index (χ3v) is 5.17. The van der Waals surface area contributed by atoms with E-state index in [0.29, 0.717) is 16.2 Å². The molecule has 3 rings (SSSR count). The van der Waals surface area contributed by atoms with Crippen LogP contribution in [0, 0.1) is 12.7 Å². The lowest BCUT2D eigenvalue weighted by Crippen LogP contribution is -2.09. The van der Waals surface area contributed by atoms with Crippen molar-refractivity contribution in [3.8, 4) is 5.75 Å². The molecule has 0 saturated carbocycles. The fraction of sp³-hybridized carbons (Fsp3) is 0.125. The highest BCUT2D eigenvalue weighted by Gasteiger charge is 2.29. The van der Waals surface area contributed by atoms with Gasteiger partial charge in [-0.25, -0.2) is 12.8 Å². The summed E-state index contributed by atoms with van der Waals surface area (Å²) in [5.74, 6) is -0.118. The summed E-state index contributed by atoms with van der Waals surface area (Å²) in [6.45, 7) is 1.79. The van der Waals surface area contributed by atoms with Gasteiger partial charge in [0, 0.05) is 6.07 Å². The number of halogens is 1. The van der Waals surface area contributed by atoms with Crippen LogP contribution < -0.4 is 4.74 Å². The van der Waals surface area contributed by atoms with Crippen molar-refractivity contribution in [2.24, 2.45) is 0 Å². The molecule has 0 unspecified atom stereocenters. The van der Waals surface area contributed by atoms with Gasteiger partial charge in [0.1, 0.15) is 18.2 Å². The zero-order valence-corrected chi connectivity index (χ0v) is 12.2. The molecule has 1 aliphatic heterocycles. The molecule has 0 fully saturated rings. The largest absolute Gasteiger partial charge is 0.488 e. The van der Waals surface area contributed by atoms with Gasteiger partial charge < -0.3 is 4.74 Å². The predicted octanol–water partition coefficient (Wildman–Crippen LogP) is 3.34. The molecule has 3 nitrogen and oxygen atoms in total. The smallest absolute Gasteiger partial charge is 0.206 e. The second-order valence-electron chi connectivity index (χ2n) is 4.90. The molecule has 1 heterocycles. The zero-order chi connectivity index (χ0) is 15.0. The van der Waals surface area contributed by atoms with Crippen LogP contribution in [-0.2, 0) is 9.84 Å². The standard InChI is InChI=1S/C16H13FO3S/c1-11-5-6-16-12(7-11)8-15(21(16,18)19)10-20-14-4-2-3-13(17)9-14/h2-9H,10H2,1H3. The number of aryl methyl sites for hydroxylation is 1. The van der Waals surface area contributed by atoms with Crippen molar-refractivity contribution < 1.29 is 17.5 Å². The Hall–Kier alpha value is -2.14. The van der Waals surface area contributed by atoms with E-state index in [9.17, 15) is 12.8 Å². The van der Waals surface area contributed by atoms with Crippen LogP contribution >= 0.6 is 0 Å². The molecule has 0 atom stereocenters. The van der Waals surface area contributed by atoms with E-state index in [2.05, 4.69) is 0 Å². The molecule has 21 heavy (non-hydrogen) atoms. The first-order chi connectivity index (χ1) is 9.96. The van der Waals surface area contributed by atoms with Gasteiger partial charge in [-0.1, -0.05) is 23.8 Å². The quantitative estimate of drug-likeness (QED) is 0.873. The normalized spacial score (nSPS) is 15.4. The van der Waals surface area contributed by atoms with Gasteiger partial charge in [0.25, 0.3) is 0 Å². The molecule has 0 radical (unpaired) electrons. The maximum atomic E-state index is 13.1. The van der Waals surface area contributed by atoms with Crippen LogP contribution in [0.1, 0.15) is 11.1 Å². The summed E-state index contributed by atoms with van der Waals surface area (Å²) < 4.78 is 43.2. The number of ether oxygens (including phenoxy) is 1. The molecule has 0 bridgehead atoms. The Bertz CT molecular complexity index is 838. The van der Waals surface area contributed by atoms with Crippen LogP contribution in [0.5, 0.6) is 5.75 Å². The topological polar surface area (TPSA) is 43.4 Å². The van der Waals surface area contributed by atoms with E-state index in [1.54, 1.807) is 24.3 Å². The summed E-state index contributed by atoms with van der Waals surface area (Å²) >= 11 is 0. The lowest BCUT2D eigenvalue weighted by molar-refractivity contribution is 0.357. The van der Waals surface area contributed by atoms with Crippen LogP contribution in [0.2, 0.25) is 0 Å². The second kappa shape index (κ2) is 5.00. The fourth-order valence-corrected chi connectivity index (χ4v) is 3.70. The van der Waals surface area contributed by atoms with Gasteiger partial charge >= 0.3 is 0 Å². The molecule has 0 aliphatic carbocycles. The van der Waals surface area contributed by atoms with E-state index in [4.69, 9.17) is 4.74 Å². The lowest BCUT2D eigenvalue weighted by atomic mass is 10.1. The van der Waals surface area contributed by atoms with Crippen LogP contribution in [0.3, 0.4) is 0 Å². The van der Waals surface area contributed by atoms with E-state index in [0.717, 1.165) is 5.56 Å². The summed E-state index contributed by atoms with van der Waals surface area (Å²) in [4.78, 5) is 0.485. The Kier molecular flexibility index (Phi) is 3.29. The molecule has 2 aromatic rings. The molecule has 108 valence electrons. The summed E-state index contributed by atoms with van der Waals surface area (Å²) in [6, 6.07) is 10.8. The fourth-order valence-electron chi connectivity index (χ4n) is 2.25. The predicted molar refractivity (Wildman–Crippen MR) is 78.2 cm³/mol. The highest BCUT2D eigenvalue weighted by molar-refractivity contribution is 7.95. The van der Waals surface area contributed by atoms with E-state index in [1.165, 1.54) is 18.2 Å². The third kappa shape index (κ3) is 2.56. The SMILES string of the molecule is Cc1ccc2c(c1)C=C(COc1cccc(F)c1)S2(=O)=O. The van der Waals surface area contributed by atoms with Gasteiger partial charge in [-0.05, 0) is 36.8 Å². The maximum absolute atomic E-state index is 13.1. The number of hydrogen-bond acceptors (Lipinski definition) is 3. The van der Waals surface area contributed by atoms with Gasteiger partial charge in [0.05, 0.1) is 9.80 Å². The zero-order valence-electron chi connectivity index (χ0n) is 11.3. The minimum atomic E-state index is -3.50. The van der Waals surface area contributed by atoms with Gasteiger partial charge in [0.2, 0.25) is 9.84 Å². The average molecular weight is 304 g/mol. The minimum absolute atomic E-state index is 0.112. The summed E-state index contributed by atoms with van der Waals surface area (Å²) in [6.07, 6.45) is 1.61. The monoisotopic (exact) mass is 304 g/mol. The summed E-state index contributed by atoms with van der Waals surface area (Å²) in [7, 11) is -3.50. The van der Waals surface area contributed by atoms with Crippen molar-refractivity contribution in [1.29, 1.82) is 0 Å². The number of sulfone groups is 1. The Morgan fingerprint density at radius 3 is 2.71 bits per heavy atom. The van der Waals surface area contributed by atoms with Crippen molar-refractivity contribution >= 4 is 15.9 Å². The maximum Gasteiger partial charge on any atom is 0.206 e. The van der Waals surface area contributed by atoms with Crippen molar-refractivity contribution in [2.75, 3.05) is 6.61 Å². The lowest BCUT2D eigenvalue weighted by Gasteiger charge is -2.07. The molecule has 2 aromatic carbocycles. The average Bonchev–Trinajstić information content (AvgIpc) is 2.67. The van der Waals surface area contributed by atoms with Gasteiger partial charge in [-0.15, -0.1) is 0 Å². The Morgan fingerprint density at radius 2 is 1.95 bits per heavy atom. The number of fused-ring (bicyclic) bond motifs is 1. The first kappa shape index (κ1) is 13.8. The molecule has 0 aromatic heterocycles. The van der Waals surface area contributed by atoms with Crippen LogP contribution in [0.25, 0.3) is 6.08 Å². The molecule has 0 spiro atoms. The molecule has 0 saturated heterocycles. The first-order valence-electron chi connectivity index (χ1n) is 6.41. The van der Waals surface area contributed by atoms with E-state index in [1.807, 2.05) is 13.0 Å². The van der Waals surface area contributed by atoms with E-state index in [-0.39, 0.29) is 11.5 Å². The molecular formula is C16H13FO3S. The van der Waals surface area contributed by atoms with Crippen molar-refractivity contribution in [1.82, 2.24) is 0 Å². The summed E-state index contributed by atoms with van der Waals surface area (Å²) in [5, 5.41) is 0. The van der Waals surface area contributed by atoms with Crippen molar-refractivity contribution in [3.63, 3.8) is 0 Å². The molecular weight excluding hydrogens is 291 g/mol. The van der Waals surface area contributed by atoms with Gasteiger partial charge in [-0.3, -0.25) is 0 Å². The Balaban J connectivity index is 1.86. The second-order valence-corrected chi connectivity index (χ2v) is 6.87. The number of rotatable bonds is 3. The molecule has 1 aliphatic rings. The highest BCUT2D eigenvalue weighted by Crippen LogP contribution is 2.33. The van der Waals surface area contributed by atoms with Crippen LogP contribution in [0.15, 0.2) is 52.3 Å². The van der Waals surface area contributed by atoms with Crippen molar-refractivity contribution in [3.05, 3.63) is 64.3 Å². The van der Waals surface area contributed by atoms with E-state index < -0.39 is 15.7 Å². The summed E-state index contributed by atoms with van der Waals surface area (Å²) in [5.41, 5.74) is 1.67. The molecule has 5 heteroatoms. The Morgan fingerprint density at radius 1 is 1.14 bits per heavy atom. The Labute approximate surface area is 122 Å². The van der Waals surface area contributed by atoms with Crippen LogP contribution in [-0.4, -0.2) is 15.0 Å². The molecule has 0 N–H and O–H groups in total. The van der Waals surface area contributed by atoms with Crippen LogP contribution in [0.4, 0.5) is 4.39 Å². The van der Waals surface area contributed by atoms with Crippen molar-refractivity contribution in [2.45, 2.75) is 11.8 Å². The number of hydrogen-bond donors (Lipinski definition) is 0. The van der Waals surface area contributed by atoms with Gasteiger partial charge in [0.15, 0.2) is 0 Å². The van der Waals surface area contributed by atoms with Gasteiger partial charge in [-0.2, -0.15) is 0 Å². The number of benzene rings is 2.